The fourth-order valence-electron chi connectivity index (χ4n) is 0.646. The molecule has 0 bridgehead atoms. The van der Waals surface area contributed by atoms with Crippen LogP contribution in [0.1, 0.15) is 15.2 Å². The third-order valence-electron chi connectivity index (χ3n) is 1.20. The molecule has 0 aliphatic rings. The number of rotatable bonds is 1. The van der Waals surface area contributed by atoms with Gasteiger partial charge in [-0.15, -0.1) is 11.3 Å². The predicted octanol–water partition coefficient (Wildman–Crippen LogP) is 1.64. The molecule has 1 aromatic rings. The van der Waals surface area contributed by atoms with Crippen LogP contribution in [0, 0.1) is 12.3 Å². The highest BCUT2D eigenvalue weighted by Gasteiger charge is 2.08. The van der Waals surface area contributed by atoms with E-state index >= 15 is 0 Å². The van der Waals surface area contributed by atoms with Crippen molar-refractivity contribution in [1.82, 2.24) is 0 Å². The molecule has 0 aliphatic carbocycles. The second-order valence-corrected chi connectivity index (χ2v) is 2.88. The van der Waals surface area contributed by atoms with Crippen LogP contribution in [-0.2, 0) is 4.74 Å². The van der Waals surface area contributed by atoms with Crippen molar-refractivity contribution < 1.29 is 9.53 Å². The number of hydrogen-bond acceptors (Lipinski definition) is 3. The van der Waals surface area contributed by atoms with Crippen LogP contribution >= 0.6 is 11.3 Å². The molecule has 0 saturated carbocycles. The lowest BCUT2D eigenvalue weighted by molar-refractivity contribution is 0.0600. The number of ether oxygens (including phenoxy) is 1. The second-order valence-electron chi connectivity index (χ2n) is 1.83. The lowest BCUT2D eigenvalue weighted by atomic mass is 10.3. The summed E-state index contributed by atoms with van der Waals surface area (Å²) in [5, 5.41) is 2.85. The zero-order valence-electron chi connectivity index (χ0n) is 5.80. The standard InChI is InChI=1S/C7H7O2S/c1-5-6(3-4-10-5)7(8)9-2/h3H,1-2H3. The number of aryl methyl sites for hydroxylation is 1. The number of esters is 1. The van der Waals surface area contributed by atoms with Crippen LogP contribution in [0.3, 0.4) is 0 Å². The van der Waals surface area contributed by atoms with Crippen molar-refractivity contribution in [3.63, 3.8) is 0 Å². The Balaban J connectivity index is 2.93. The van der Waals surface area contributed by atoms with Gasteiger partial charge in [-0.3, -0.25) is 0 Å². The normalized spacial score (nSPS) is 9.40. The first kappa shape index (κ1) is 7.28. The number of thiophene rings is 1. The van der Waals surface area contributed by atoms with Crippen molar-refractivity contribution in [2.45, 2.75) is 6.92 Å². The molecule has 0 fully saturated rings. The van der Waals surface area contributed by atoms with Crippen molar-refractivity contribution >= 4 is 17.3 Å². The molecule has 0 atom stereocenters. The van der Waals surface area contributed by atoms with E-state index in [4.69, 9.17) is 0 Å². The topological polar surface area (TPSA) is 26.3 Å². The molecule has 3 heteroatoms. The van der Waals surface area contributed by atoms with E-state index < -0.39 is 0 Å². The highest BCUT2D eigenvalue weighted by Crippen LogP contribution is 2.14. The van der Waals surface area contributed by atoms with Crippen LogP contribution in [-0.4, -0.2) is 13.1 Å². The Bertz CT molecular complexity index is 240. The monoisotopic (exact) mass is 155 g/mol. The average molecular weight is 155 g/mol. The Morgan fingerprint density at radius 3 is 2.90 bits per heavy atom. The number of carbonyl (C=O) groups is 1. The lowest BCUT2D eigenvalue weighted by Crippen LogP contribution is -2.00. The summed E-state index contributed by atoms with van der Waals surface area (Å²) in [5.41, 5.74) is 0.618. The summed E-state index contributed by atoms with van der Waals surface area (Å²) >= 11 is 1.42. The van der Waals surface area contributed by atoms with Crippen LogP contribution in [0.5, 0.6) is 0 Å². The van der Waals surface area contributed by atoms with Crippen LogP contribution in [0.4, 0.5) is 0 Å². The maximum atomic E-state index is 10.9. The van der Waals surface area contributed by atoms with E-state index in [1.165, 1.54) is 18.4 Å². The Morgan fingerprint density at radius 2 is 2.50 bits per heavy atom. The highest BCUT2D eigenvalue weighted by molar-refractivity contribution is 7.09. The zero-order chi connectivity index (χ0) is 7.56. The minimum atomic E-state index is -0.282. The molecule has 2 nitrogen and oxygen atoms in total. The van der Waals surface area contributed by atoms with Gasteiger partial charge in [0, 0.05) is 10.3 Å². The van der Waals surface area contributed by atoms with Crippen molar-refractivity contribution in [3.8, 4) is 0 Å². The van der Waals surface area contributed by atoms with Crippen molar-refractivity contribution in [3.05, 3.63) is 21.9 Å². The average Bonchev–Trinajstić information content (AvgIpc) is 2.34. The molecular weight excluding hydrogens is 148 g/mol. The Morgan fingerprint density at radius 1 is 1.80 bits per heavy atom. The van der Waals surface area contributed by atoms with Gasteiger partial charge in [-0.05, 0) is 13.0 Å². The number of carbonyl (C=O) groups excluding carboxylic acids is 1. The summed E-state index contributed by atoms with van der Waals surface area (Å²) in [6.45, 7) is 1.87. The molecule has 0 spiro atoms. The van der Waals surface area contributed by atoms with Crippen LogP contribution in [0.15, 0.2) is 6.07 Å². The van der Waals surface area contributed by atoms with Gasteiger partial charge in [0.1, 0.15) is 0 Å². The quantitative estimate of drug-likeness (QED) is 0.576. The fourth-order valence-corrected chi connectivity index (χ4v) is 1.25. The minimum absolute atomic E-state index is 0.282. The smallest absolute Gasteiger partial charge is 0.338 e. The molecule has 0 N–H and O–H groups in total. The molecule has 1 rings (SSSR count). The highest BCUT2D eigenvalue weighted by atomic mass is 32.1. The van der Waals surface area contributed by atoms with Gasteiger partial charge in [0.05, 0.1) is 12.7 Å². The molecule has 0 unspecified atom stereocenters. The molecule has 1 radical (unpaired) electrons. The minimum Gasteiger partial charge on any atom is -0.465 e. The van der Waals surface area contributed by atoms with Gasteiger partial charge in [-0.25, -0.2) is 4.79 Å². The van der Waals surface area contributed by atoms with Gasteiger partial charge < -0.3 is 4.74 Å². The largest absolute Gasteiger partial charge is 0.465 e. The summed E-state index contributed by atoms with van der Waals surface area (Å²) in [6, 6.07) is 1.64. The van der Waals surface area contributed by atoms with Crippen LogP contribution in [0.25, 0.3) is 0 Å². The molecular formula is C7H7O2S. The van der Waals surface area contributed by atoms with E-state index in [-0.39, 0.29) is 5.97 Å². The van der Waals surface area contributed by atoms with Gasteiger partial charge in [0.25, 0.3) is 0 Å². The van der Waals surface area contributed by atoms with Gasteiger partial charge in [0.15, 0.2) is 0 Å². The maximum absolute atomic E-state index is 10.9. The number of hydrogen-bond donors (Lipinski definition) is 0. The summed E-state index contributed by atoms with van der Waals surface area (Å²) in [7, 11) is 1.37. The molecule has 0 aliphatic heterocycles. The first-order valence-corrected chi connectivity index (χ1v) is 3.62. The maximum Gasteiger partial charge on any atom is 0.338 e. The molecule has 53 valence electrons. The SMILES string of the molecule is COC(=O)c1c[c]sc1C. The zero-order valence-corrected chi connectivity index (χ0v) is 6.62. The first-order valence-electron chi connectivity index (χ1n) is 2.80. The van der Waals surface area contributed by atoms with Gasteiger partial charge in [-0.2, -0.15) is 0 Å². The van der Waals surface area contributed by atoms with E-state index in [0.717, 1.165) is 4.88 Å². The van der Waals surface area contributed by atoms with Crippen LogP contribution < -0.4 is 0 Å². The molecule has 0 amide bonds. The van der Waals surface area contributed by atoms with Gasteiger partial charge >= 0.3 is 5.97 Å². The van der Waals surface area contributed by atoms with E-state index in [0.29, 0.717) is 5.56 Å². The number of methoxy groups -OCH3 is 1. The Labute approximate surface area is 63.4 Å². The van der Waals surface area contributed by atoms with E-state index in [2.05, 4.69) is 10.1 Å². The summed E-state index contributed by atoms with van der Waals surface area (Å²) in [5.74, 6) is -0.282. The first-order chi connectivity index (χ1) is 4.75. The lowest BCUT2D eigenvalue weighted by Gasteiger charge is -1.94. The third kappa shape index (κ3) is 1.19. The van der Waals surface area contributed by atoms with Crippen molar-refractivity contribution in [1.29, 1.82) is 0 Å². The molecule has 0 saturated heterocycles. The summed E-state index contributed by atoms with van der Waals surface area (Å²) in [4.78, 5) is 11.8. The van der Waals surface area contributed by atoms with E-state index in [1.54, 1.807) is 6.07 Å². The molecule has 1 aromatic heterocycles. The Hall–Kier alpha value is -0.830. The van der Waals surface area contributed by atoms with Gasteiger partial charge in [0.2, 0.25) is 0 Å². The van der Waals surface area contributed by atoms with E-state index in [9.17, 15) is 4.79 Å². The second kappa shape index (κ2) is 2.84. The summed E-state index contributed by atoms with van der Waals surface area (Å²) < 4.78 is 4.52. The molecule has 0 aromatic carbocycles. The Kier molecular flexibility index (Phi) is 2.06. The van der Waals surface area contributed by atoms with Crippen molar-refractivity contribution in [2.24, 2.45) is 0 Å². The van der Waals surface area contributed by atoms with Gasteiger partial charge in [-0.1, -0.05) is 0 Å². The van der Waals surface area contributed by atoms with E-state index in [1.807, 2.05) is 6.92 Å². The molecule has 1 heterocycles. The summed E-state index contributed by atoms with van der Waals surface area (Å²) in [6.07, 6.45) is 0. The van der Waals surface area contributed by atoms with Crippen molar-refractivity contribution in [2.75, 3.05) is 7.11 Å². The predicted molar refractivity (Wildman–Crippen MR) is 39.2 cm³/mol. The van der Waals surface area contributed by atoms with Crippen LogP contribution in [0.2, 0.25) is 0 Å². The third-order valence-corrected chi connectivity index (χ3v) is 1.96. The fraction of sp³-hybridized carbons (Fsp3) is 0.286. The molecule has 10 heavy (non-hydrogen) atoms.